The van der Waals surface area contributed by atoms with Gasteiger partial charge in [-0.15, -0.1) is 11.3 Å². The van der Waals surface area contributed by atoms with Crippen molar-refractivity contribution in [3.05, 3.63) is 19.2 Å². The molecule has 1 atom stereocenters. The molecule has 1 saturated heterocycles. The zero-order chi connectivity index (χ0) is 16.0. The van der Waals surface area contributed by atoms with Crippen LogP contribution >= 0.6 is 43.2 Å². The predicted octanol–water partition coefficient (Wildman–Crippen LogP) is 3.75. The molecule has 0 bridgehead atoms. The lowest BCUT2D eigenvalue weighted by Crippen LogP contribution is -2.47. The molecule has 10 heteroatoms. The molecule has 2 heterocycles. The monoisotopic (exact) mass is 449 g/mol. The summed E-state index contributed by atoms with van der Waals surface area (Å²) in [5.41, 5.74) is -2.88. The fourth-order valence-corrected chi connectivity index (χ4v) is 4.12. The predicted molar refractivity (Wildman–Crippen MR) is 76.4 cm³/mol. The molecular weight excluding hydrogens is 443 g/mol. The van der Waals surface area contributed by atoms with Gasteiger partial charge in [0.05, 0.1) is 8.66 Å². The molecule has 1 aliphatic heterocycles. The van der Waals surface area contributed by atoms with E-state index in [1.165, 1.54) is 6.07 Å². The largest absolute Gasteiger partial charge is 0.481 e. The van der Waals surface area contributed by atoms with Crippen LogP contribution in [0.15, 0.2) is 14.3 Å². The van der Waals surface area contributed by atoms with Crippen LogP contribution in [0.5, 0.6) is 0 Å². The van der Waals surface area contributed by atoms with E-state index in [9.17, 15) is 22.8 Å². The van der Waals surface area contributed by atoms with E-state index >= 15 is 0 Å². The van der Waals surface area contributed by atoms with Crippen LogP contribution in [0.2, 0.25) is 0 Å². The molecule has 21 heavy (non-hydrogen) atoms. The Labute approximate surface area is 138 Å². The number of carbonyl (C=O) groups excluding carboxylic acids is 1. The molecule has 116 valence electrons. The van der Waals surface area contributed by atoms with Crippen LogP contribution in [0.4, 0.5) is 13.2 Å². The highest BCUT2D eigenvalue weighted by molar-refractivity contribution is 9.13. The number of likely N-dealkylation sites (tertiary alicyclic amines) is 1. The SMILES string of the molecule is O=C(c1cc(Br)c(Br)s1)N1CCC(C(=O)O)(C(F)(F)F)C1. The van der Waals surface area contributed by atoms with Crippen LogP contribution in [0.3, 0.4) is 0 Å². The van der Waals surface area contributed by atoms with Gasteiger partial charge in [0, 0.05) is 17.6 Å². The van der Waals surface area contributed by atoms with Crippen LogP contribution < -0.4 is 0 Å². The van der Waals surface area contributed by atoms with Gasteiger partial charge in [0.15, 0.2) is 5.41 Å². The van der Waals surface area contributed by atoms with Crippen molar-refractivity contribution in [1.82, 2.24) is 4.90 Å². The van der Waals surface area contributed by atoms with Crippen LogP contribution in [0.25, 0.3) is 0 Å². The lowest BCUT2D eigenvalue weighted by atomic mass is 9.86. The molecule has 1 aromatic heterocycles. The van der Waals surface area contributed by atoms with E-state index in [1.807, 2.05) is 0 Å². The molecule has 1 unspecified atom stereocenters. The van der Waals surface area contributed by atoms with Crippen molar-refractivity contribution < 1.29 is 27.9 Å². The standard InChI is InChI=1S/C11H8Br2F3NO3S/c12-5-3-6(21-7(5)13)8(18)17-2-1-10(4-17,9(19)20)11(14,15)16/h3H,1-2,4H2,(H,19,20). The highest BCUT2D eigenvalue weighted by atomic mass is 79.9. The molecule has 1 amide bonds. The topological polar surface area (TPSA) is 57.6 Å². The maximum absolute atomic E-state index is 13.0. The number of rotatable bonds is 2. The number of thiophene rings is 1. The second-order valence-corrected chi connectivity index (χ2v) is 7.82. The van der Waals surface area contributed by atoms with Gasteiger partial charge in [0.25, 0.3) is 5.91 Å². The smallest absolute Gasteiger partial charge is 0.406 e. The molecule has 1 aliphatic rings. The van der Waals surface area contributed by atoms with E-state index in [0.717, 1.165) is 16.2 Å². The average Bonchev–Trinajstić information content (AvgIpc) is 2.94. The number of hydrogen-bond acceptors (Lipinski definition) is 3. The number of carbonyl (C=O) groups is 2. The number of aliphatic carboxylic acids is 1. The van der Waals surface area contributed by atoms with E-state index in [-0.39, 0.29) is 11.4 Å². The number of alkyl halides is 3. The molecule has 0 spiro atoms. The van der Waals surface area contributed by atoms with E-state index in [0.29, 0.717) is 8.26 Å². The number of halogens is 5. The normalized spacial score (nSPS) is 22.6. The maximum atomic E-state index is 13.0. The van der Waals surface area contributed by atoms with Crippen molar-refractivity contribution in [3.8, 4) is 0 Å². The number of amides is 1. The van der Waals surface area contributed by atoms with Crippen molar-refractivity contribution >= 4 is 55.1 Å². The summed E-state index contributed by atoms with van der Waals surface area (Å²) in [6.45, 7) is -1.10. The summed E-state index contributed by atoms with van der Waals surface area (Å²) in [5, 5.41) is 8.95. The fraction of sp³-hybridized carbons (Fsp3) is 0.455. The van der Waals surface area contributed by atoms with Gasteiger partial charge < -0.3 is 10.0 Å². The van der Waals surface area contributed by atoms with Crippen molar-refractivity contribution in [2.45, 2.75) is 12.6 Å². The van der Waals surface area contributed by atoms with Gasteiger partial charge in [-0.05, 0) is 44.3 Å². The van der Waals surface area contributed by atoms with Crippen LogP contribution in [0.1, 0.15) is 16.1 Å². The van der Waals surface area contributed by atoms with Crippen molar-refractivity contribution in [1.29, 1.82) is 0 Å². The Bertz CT molecular complexity index is 585. The molecule has 1 fully saturated rings. The molecule has 1 aromatic rings. The summed E-state index contributed by atoms with van der Waals surface area (Å²) in [6.07, 6.45) is -5.53. The van der Waals surface area contributed by atoms with Crippen molar-refractivity contribution in [2.24, 2.45) is 5.41 Å². The Morgan fingerprint density at radius 3 is 2.38 bits per heavy atom. The number of nitrogens with zero attached hydrogens (tertiary/aromatic N) is 1. The zero-order valence-electron chi connectivity index (χ0n) is 10.2. The lowest BCUT2D eigenvalue weighted by molar-refractivity contribution is -0.227. The first kappa shape index (κ1) is 16.8. The molecule has 0 radical (unpaired) electrons. The summed E-state index contributed by atoms with van der Waals surface area (Å²) in [6, 6.07) is 1.49. The quantitative estimate of drug-likeness (QED) is 0.746. The van der Waals surface area contributed by atoms with Crippen molar-refractivity contribution in [3.63, 3.8) is 0 Å². The molecule has 0 aliphatic carbocycles. The van der Waals surface area contributed by atoms with Crippen LogP contribution in [-0.2, 0) is 4.79 Å². The first-order valence-corrected chi connectivity index (χ1v) is 8.03. The van der Waals surface area contributed by atoms with Gasteiger partial charge >= 0.3 is 12.1 Å². The molecule has 4 nitrogen and oxygen atoms in total. The molecule has 0 aromatic carbocycles. The van der Waals surface area contributed by atoms with Crippen LogP contribution in [0, 0.1) is 5.41 Å². The number of carboxylic acids is 1. The fourth-order valence-electron chi connectivity index (χ4n) is 2.12. The third-order valence-electron chi connectivity index (χ3n) is 3.36. The van der Waals surface area contributed by atoms with Gasteiger partial charge in [-0.1, -0.05) is 0 Å². The van der Waals surface area contributed by atoms with Crippen LogP contribution in [-0.4, -0.2) is 41.1 Å². The third-order valence-corrected chi connectivity index (χ3v) is 6.61. The minimum Gasteiger partial charge on any atom is -0.481 e. The molecular formula is C11H8Br2F3NO3S. The Morgan fingerprint density at radius 2 is 2.00 bits per heavy atom. The summed E-state index contributed by atoms with van der Waals surface area (Å²) in [4.78, 5) is 24.4. The van der Waals surface area contributed by atoms with E-state index in [1.54, 1.807) is 0 Å². The summed E-state index contributed by atoms with van der Waals surface area (Å²) < 4.78 is 40.4. The Balaban J connectivity index is 2.25. The second kappa shape index (κ2) is 5.54. The Hall–Kier alpha value is -0.610. The number of hydrogen-bond donors (Lipinski definition) is 1. The Morgan fingerprint density at radius 1 is 1.38 bits per heavy atom. The number of carboxylic acid groups (broad SMARTS) is 1. The highest BCUT2D eigenvalue weighted by Crippen LogP contribution is 2.46. The maximum Gasteiger partial charge on any atom is 0.406 e. The Kier molecular flexibility index (Phi) is 4.42. The summed E-state index contributed by atoms with van der Waals surface area (Å²) in [5.74, 6) is -2.54. The van der Waals surface area contributed by atoms with Gasteiger partial charge in [-0.2, -0.15) is 13.2 Å². The first-order valence-electron chi connectivity index (χ1n) is 5.63. The van der Waals surface area contributed by atoms with Crippen molar-refractivity contribution in [2.75, 3.05) is 13.1 Å². The molecule has 1 N–H and O–H groups in total. The lowest BCUT2D eigenvalue weighted by Gasteiger charge is -2.27. The van der Waals surface area contributed by atoms with Gasteiger partial charge in [0.1, 0.15) is 0 Å². The minimum atomic E-state index is -4.90. The zero-order valence-corrected chi connectivity index (χ0v) is 14.2. The van der Waals surface area contributed by atoms with Gasteiger partial charge in [-0.25, -0.2) is 0 Å². The van der Waals surface area contributed by atoms with E-state index in [4.69, 9.17) is 5.11 Å². The minimum absolute atomic E-state index is 0.238. The first-order chi connectivity index (χ1) is 9.58. The van der Waals surface area contributed by atoms with Gasteiger partial charge in [0.2, 0.25) is 0 Å². The van der Waals surface area contributed by atoms with E-state index in [2.05, 4.69) is 31.9 Å². The van der Waals surface area contributed by atoms with E-state index < -0.39 is 36.4 Å². The molecule has 0 saturated carbocycles. The average molecular weight is 451 g/mol. The second-order valence-electron chi connectivity index (χ2n) is 4.59. The summed E-state index contributed by atoms with van der Waals surface area (Å²) in [7, 11) is 0. The third kappa shape index (κ3) is 2.85. The molecule has 2 rings (SSSR count). The summed E-state index contributed by atoms with van der Waals surface area (Å²) >= 11 is 7.46. The highest BCUT2D eigenvalue weighted by Gasteiger charge is 2.64. The van der Waals surface area contributed by atoms with Gasteiger partial charge in [-0.3, -0.25) is 9.59 Å².